The molecule has 1 atom stereocenters. The molecule has 1 heterocycles. The monoisotopic (exact) mass is 293 g/mol. The maximum absolute atomic E-state index is 3.59. The van der Waals surface area contributed by atoms with Gasteiger partial charge < -0.3 is 5.32 Å². The van der Waals surface area contributed by atoms with Gasteiger partial charge in [0.25, 0.3) is 0 Å². The summed E-state index contributed by atoms with van der Waals surface area (Å²) < 4.78 is 1.22. The van der Waals surface area contributed by atoms with Crippen molar-refractivity contribution in [1.29, 1.82) is 0 Å². The number of halogens is 1. The fourth-order valence-electron chi connectivity index (χ4n) is 3.41. The Hall–Kier alpha value is -0.500. The van der Waals surface area contributed by atoms with Gasteiger partial charge in [0.15, 0.2) is 0 Å². The van der Waals surface area contributed by atoms with Crippen LogP contribution in [0.15, 0.2) is 22.7 Å². The van der Waals surface area contributed by atoms with Crippen LogP contribution in [-0.4, -0.2) is 6.54 Å². The lowest BCUT2D eigenvalue weighted by molar-refractivity contribution is 0.322. The average Bonchev–Trinajstić information content (AvgIpc) is 2.73. The van der Waals surface area contributed by atoms with E-state index in [1.807, 2.05) is 0 Å². The van der Waals surface area contributed by atoms with Gasteiger partial charge in [0.2, 0.25) is 0 Å². The fourth-order valence-corrected chi connectivity index (χ4v) is 3.79. The van der Waals surface area contributed by atoms with E-state index in [0.717, 1.165) is 18.4 Å². The first-order chi connectivity index (χ1) is 8.33. The lowest BCUT2D eigenvalue weighted by Crippen LogP contribution is -2.12. The third-order valence-electron chi connectivity index (χ3n) is 4.33. The average molecular weight is 294 g/mol. The Morgan fingerprint density at radius 1 is 1.18 bits per heavy atom. The van der Waals surface area contributed by atoms with E-state index in [0.29, 0.717) is 0 Å². The molecule has 0 amide bonds. The number of nitrogens with one attached hydrogen (secondary N) is 1. The minimum absolute atomic E-state index is 0.741. The molecule has 2 heteroatoms. The SMILES string of the molecule is Brc1ccc2c(c1)C(CC1CCCCC1)CN2. The number of hydrogen-bond acceptors (Lipinski definition) is 1. The summed E-state index contributed by atoms with van der Waals surface area (Å²) in [7, 11) is 0. The second-order valence-corrected chi connectivity index (χ2v) is 6.46. The van der Waals surface area contributed by atoms with Gasteiger partial charge in [0, 0.05) is 22.6 Å². The van der Waals surface area contributed by atoms with Crippen molar-refractivity contribution in [3.8, 4) is 0 Å². The molecule has 0 spiro atoms. The van der Waals surface area contributed by atoms with Crippen LogP contribution in [0.5, 0.6) is 0 Å². The molecule has 1 aromatic carbocycles. The molecule has 92 valence electrons. The molecule has 1 N–H and O–H groups in total. The molecule has 0 bridgehead atoms. The van der Waals surface area contributed by atoms with Crippen LogP contribution in [0.1, 0.15) is 50.0 Å². The van der Waals surface area contributed by atoms with Gasteiger partial charge in [-0.25, -0.2) is 0 Å². The molecule has 0 aromatic heterocycles. The van der Waals surface area contributed by atoms with Crippen LogP contribution in [0, 0.1) is 5.92 Å². The third-order valence-corrected chi connectivity index (χ3v) is 4.83. The van der Waals surface area contributed by atoms with E-state index in [4.69, 9.17) is 0 Å². The van der Waals surface area contributed by atoms with Gasteiger partial charge in [-0.2, -0.15) is 0 Å². The van der Waals surface area contributed by atoms with E-state index in [1.54, 1.807) is 0 Å². The molecule has 17 heavy (non-hydrogen) atoms. The Bertz CT molecular complexity index is 396. The minimum atomic E-state index is 0.741. The smallest absolute Gasteiger partial charge is 0.0377 e. The first-order valence-corrected chi connectivity index (χ1v) is 7.65. The fraction of sp³-hybridized carbons (Fsp3) is 0.600. The van der Waals surface area contributed by atoms with Crippen molar-refractivity contribution in [3.05, 3.63) is 28.2 Å². The van der Waals surface area contributed by atoms with Crippen molar-refractivity contribution in [1.82, 2.24) is 0 Å². The molecule has 3 rings (SSSR count). The lowest BCUT2D eigenvalue weighted by atomic mass is 9.81. The number of anilines is 1. The van der Waals surface area contributed by atoms with E-state index in [2.05, 4.69) is 39.4 Å². The predicted molar refractivity (Wildman–Crippen MR) is 76.6 cm³/mol. The summed E-state index contributed by atoms with van der Waals surface area (Å²) in [4.78, 5) is 0. The summed E-state index contributed by atoms with van der Waals surface area (Å²) >= 11 is 3.59. The molecular formula is C15H20BrN. The molecule has 0 saturated heterocycles. The molecule has 1 fully saturated rings. The van der Waals surface area contributed by atoms with Crippen molar-refractivity contribution in [2.24, 2.45) is 5.92 Å². The van der Waals surface area contributed by atoms with Crippen molar-refractivity contribution >= 4 is 21.6 Å². The summed E-state index contributed by atoms with van der Waals surface area (Å²) in [6.45, 7) is 1.14. The van der Waals surface area contributed by atoms with Crippen LogP contribution >= 0.6 is 15.9 Å². The first kappa shape index (κ1) is 11.6. The van der Waals surface area contributed by atoms with E-state index in [-0.39, 0.29) is 0 Å². The van der Waals surface area contributed by atoms with Crippen LogP contribution < -0.4 is 5.32 Å². The van der Waals surface area contributed by atoms with E-state index in [9.17, 15) is 0 Å². The van der Waals surface area contributed by atoms with Crippen molar-refractivity contribution in [3.63, 3.8) is 0 Å². The largest absolute Gasteiger partial charge is 0.384 e. The maximum atomic E-state index is 3.59. The summed E-state index contributed by atoms with van der Waals surface area (Å²) in [5.41, 5.74) is 2.89. The molecule has 1 aromatic rings. The second-order valence-electron chi connectivity index (χ2n) is 5.55. The second kappa shape index (κ2) is 5.01. The summed E-state index contributed by atoms with van der Waals surface area (Å²) in [5.74, 6) is 1.71. The van der Waals surface area contributed by atoms with Crippen LogP contribution in [0.2, 0.25) is 0 Å². The zero-order valence-electron chi connectivity index (χ0n) is 10.2. The molecule has 1 saturated carbocycles. The molecule has 1 nitrogen and oxygen atoms in total. The van der Waals surface area contributed by atoms with Gasteiger partial charge in [-0.05, 0) is 36.1 Å². The van der Waals surface area contributed by atoms with Gasteiger partial charge in [0.05, 0.1) is 0 Å². The quantitative estimate of drug-likeness (QED) is 0.815. The molecule has 2 aliphatic rings. The molecule has 1 aliphatic carbocycles. The number of benzene rings is 1. The molecule has 1 unspecified atom stereocenters. The zero-order chi connectivity index (χ0) is 11.7. The Morgan fingerprint density at radius 3 is 2.82 bits per heavy atom. The van der Waals surface area contributed by atoms with Gasteiger partial charge in [-0.3, -0.25) is 0 Å². The normalized spacial score (nSPS) is 24.4. The van der Waals surface area contributed by atoms with Crippen molar-refractivity contribution < 1.29 is 0 Å². The van der Waals surface area contributed by atoms with Crippen LogP contribution in [-0.2, 0) is 0 Å². The third kappa shape index (κ3) is 2.52. The van der Waals surface area contributed by atoms with Crippen LogP contribution in [0.25, 0.3) is 0 Å². The molecular weight excluding hydrogens is 274 g/mol. The van der Waals surface area contributed by atoms with Crippen LogP contribution in [0.4, 0.5) is 5.69 Å². The van der Waals surface area contributed by atoms with E-state index >= 15 is 0 Å². The zero-order valence-corrected chi connectivity index (χ0v) is 11.8. The van der Waals surface area contributed by atoms with Crippen molar-refractivity contribution in [2.75, 3.05) is 11.9 Å². The Kier molecular flexibility index (Phi) is 3.41. The Balaban J connectivity index is 1.72. The Morgan fingerprint density at radius 2 is 2.00 bits per heavy atom. The standard InChI is InChI=1S/C15H20BrN/c16-13-6-7-15-14(9-13)12(10-17-15)8-11-4-2-1-3-5-11/h6-7,9,11-12,17H,1-5,8,10H2. The highest BCUT2D eigenvalue weighted by Gasteiger charge is 2.26. The van der Waals surface area contributed by atoms with E-state index in [1.165, 1.54) is 54.2 Å². The maximum Gasteiger partial charge on any atom is 0.0377 e. The summed E-state index contributed by atoms with van der Waals surface area (Å²) in [6, 6.07) is 6.65. The minimum Gasteiger partial charge on any atom is -0.384 e. The summed E-state index contributed by atoms with van der Waals surface area (Å²) in [5, 5.41) is 3.55. The number of hydrogen-bond donors (Lipinski definition) is 1. The Labute approximate surface area is 112 Å². The lowest BCUT2D eigenvalue weighted by Gasteiger charge is -2.24. The first-order valence-electron chi connectivity index (χ1n) is 6.86. The van der Waals surface area contributed by atoms with E-state index < -0.39 is 0 Å². The molecule has 1 aliphatic heterocycles. The van der Waals surface area contributed by atoms with Gasteiger partial charge in [-0.1, -0.05) is 48.0 Å². The van der Waals surface area contributed by atoms with Crippen LogP contribution in [0.3, 0.4) is 0 Å². The summed E-state index contributed by atoms with van der Waals surface area (Å²) in [6.07, 6.45) is 8.67. The number of rotatable bonds is 2. The predicted octanol–water partition coefficient (Wildman–Crippen LogP) is 4.93. The highest BCUT2D eigenvalue weighted by Crippen LogP contribution is 2.40. The molecule has 0 radical (unpaired) electrons. The number of fused-ring (bicyclic) bond motifs is 1. The topological polar surface area (TPSA) is 12.0 Å². The van der Waals surface area contributed by atoms with Gasteiger partial charge >= 0.3 is 0 Å². The van der Waals surface area contributed by atoms with Crippen molar-refractivity contribution in [2.45, 2.75) is 44.4 Å². The van der Waals surface area contributed by atoms with Gasteiger partial charge in [0.1, 0.15) is 0 Å². The highest BCUT2D eigenvalue weighted by molar-refractivity contribution is 9.10. The van der Waals surface area contributed by atoms with Gasteiger partial charge in [-0.15, -0.1) is 0 Å². The highest BCUT2D eigenvalue weighted by atomic mass is 79.9.